The number of nitrogens with zero attached hydrogens (tertiary/aromatic N) is 8. The Balaban J connectivity index is 0.000000174. The molecule has 0 aliphatic carbocycles. The molecule has 2 saturated heterocycles. The fourth-order valence-corrected chi connectivity index (χ4v) is 15.1. The molecule has 7 aromatic carbocycles. The van der Waals surface area contributed by atoms with Gasteiger partial charge in [-0.3, -0.25) is 23.2 Å². The van der Waals surface area contributed by atoms with Crippen molar-refractivity contribution in [3.8, 4) is 17.2 Å². The van der Waals surface area contributed by atoms with Gasteiger partial charge in [0.1, 0.15) is 78.7 Å². The molecule has 4 aromatic heterocycles. The van der Waals surface area contributed by atoms with Crippen LogP contribution in [0.25, 0.3) is 43.9 Å². The minimum atomic E-state index is -4.18. The summed E-state index contributed by atoms with van der Waals surface area (Å²) in [6, 6.07) is 51.4. The molecule has 0 radical (unpaired) electrons. The van der Waals surface area contributed by atoms with E-state index in [1.54, 1.807) is 65.4 Å². The lowest BCUT2D eigenvalue weighted by Crippen LogP contribution is -2.36. The number of aryl methyl sites for hydroxylation is 2. The van der Waals surface area contributed by atoms with Crippen LogP contribution in [-0.4, -0.2) is 93.6 Å². The number of fused-ring (bicyclic) bond motifs is 4. The number of imidazole rings is 2. The summed E-state index contributed by atoms with van der Waals surface area (Å²) < 4.78 is 79.0. The molecule has 3 N–H and O–H groups in total. The van der Waals surface area contributed by atoms with Gasteiger partial charge in [0.05, 0.1) is 36.8 Å². The van der Waals surface area contributed by atoms with Gasteiger partial charge in [0.25, 0.3) is 0 Å². The van der Waals surface area contributed by atoms with E-state index in [-0.39, 0.29) is 67.7 Å². The second kappa shape index (κ2) is 34.3. The molecule has 0 spiro atoms. The predicted octanol–water partition coefficient (Wildman–Crippen LogP) is 16.1. The first-order valence-electron chi connectivity index (χ1n) is 33.2. The minimum absolute atomic E-state index is 0.000265. The number of aliphatic hydroxyl groups is 1. The first-order chi connectivity index (χ1) is 48.7. The summed E-state index contributed by atoms with van der Waals surface area (Å²) in [5.41, 5.74) is 5.70. The number of nitrogens with one attached hydrogen (secondary N) is 2. The van der Waals surface area contributed by atoms with Crippen LogP contribution < -0.4 is 23.7 Å². The highest BCUT2D eigenvalue weighted by atomic mass is 35.5. The third kappa shape index (κ3) is 18.1. The molecule has 101 heavy (non-hydrogen) atoms. The molecule has 4 unspecified atom stereocenters. The largest absolute Gasteiger partial charge is 0.513 e. The zero-order valence-electron chi connectivity index (χ0n) is 57.6. The number of para-hydroxylation sites is 1. The molecular formula is C74H82Cl2N10O13P2. The number of hydrogen-bond acceptors (Lipinski definition) is 19. The van der Waals surface area contributed by atoms with Crippen molar-refractivity contribution < 1.29 is 60.9 Å². The highest BCUT2D eigenvalue weighted by molar-refractivity contribution is 7.52. The van der Waals surface area contributed by atoms with Crippen molar-refractivity contribution in [1.82, 2.24) is 49.2 Å². The molecule has 12 atom stereocenters. The van der Waals surface area contributed by atoms with E-state index in [4.69, 9.17) is 60.2 Å². The van der Waals surface area contributed by atoms with Gasteiger partial charge in [-0.1, -0.05) is 193 Å². The fraction of sp³-hybridized carbons (Fsp3) is 0.324. The van der Waals surface area contributed by atoms with Gasteiger partial charge >= 0.3 is 27.4 Å². The number of aromatic nitrogens is 8. The molecule has 0 bridgehead atoms. The molecule has 11 aromatic rings. The van der Waals surface area contributed by atoms with Crippen molar-refractivity contribution >= 4 is 94.5 Å². The van der Waals surface area contributed by atoms with E-state index < -0.39 is 51.8 Å². The van der Waals surface area contributed by atoms with Crippen LogP contribution in [-0.2, 0) is 55.4 Å². The summed E-state index contributed by atoms with van der Waals surface area (Å²) >= 11 is 12.8. The van der Waals surface area contributed by atoms with Crippen LogP contribution in [0.2, 0.25) is 10.6 Å². The number of carbonyl (C=O) groups is 2. The Labute approximate surface area is 596 Å². The van der Waals surface area contributed by atoms with Crippen LogP contribution in [0.4, 0.5) is 0 Å². The molecule has 13 rings (SSSR count). The zero-order valence-corrected chi connectivity index (χ0v) is 60.9. The van der Waals surface area contributed by atoms with E-state index >= 15 is 0 Å². The average Bonchev–Trinajstić information content (AvgIpc) is 1.62. The molecule has 27 heteroatoms. The van der Waals surface area contributed by atoms with Crippen LogP contribution in [0, 0.1) is 37.5 Å². The maximum absolute atomic E-state index is 14.5. The Hall–Kier alpha value is -8.70. The van der Waals surface area contributed by atoms with Gasteiger partial charge in [-0.15, -0.1) is 0 Å². The monoisotopic (exact) mass is 1450 g/mol. The van der Waals surface area contributed by atoms with Crippen LogP contribution in [0.3, 0.4) is 0 Å². The number of halogens is 2. The summed E-state index contributed by atoms with van der Waals surface area (Å²) in [4.78, 5) is 51.4. The van der Waals surface area contributed by atoms with Gasteiger partial charge in [-0.25, -0.2) is 39.0 Å². The molecule has 530 valence electrons. The van der Waals surface area contributed by atoms with E-state index in [0.29, 0.717) is 50.6 Å². The minimum Gasteiger partial charge on any atom is -0.460 e. The van der Waals surface area contributed by atoms with Gasteiger partial charge in [0.15, 0.2) is 11.3 Å². The first kappa shape index (κ1) is 75.0. The average molecular weight is 1450 g/mol. The third-order valence-electron chi connectivity index (χ3n) is 17.5. The van der Waals surface area contributed by atoms with Crippen LogP contribution >= 0.6 is 38.7 Å². The van der Waals surface area contributed by atoms with E-state index in [1.165, 1.54) is 12.7 Å². The highest BCUT2D eigenvalue weighted by Gasteiger charge is 2.45. The third-order valence-corrected chi connectivity index (χ3v) is 21.2. The SMILES string of the molecule is CC.C[C@H](NP(=O)(Oc1ccccc1)Oc1cccc2ccccc12)C(=O)OCc1ccccc1.Cc1ncnc2c1nc(Cl)n2[C@@H]1O[C@H](CO)C(C)[C@@H]1C.Cc1ncnc2c1nc(Cl)n2[C@@H]1O[C@H](COP(=O)(N[C@@H](C)C(=O)OCc2ccccc2)Oc2cccc3ccccc23)C(C)[C@@H]1C. The van der Waals surface area contributed by atoms with E-state index in [0.717, 1.165) is 38.4 Å². The summed E-state index contributed by atoms with van der Waals surface area (Å²) in [7, 11) is -8.21. The fourth-order valence-electron chi connectivity index (χ4n) is 11.5. The number of esters is 2. The standard InChI is InChI=1S/C33H35ClN5O6P.C26H24NO5P.C13H17ClN4O2.C2H6/c1-20-21(2)31(39-30-29(37-33(39)34)22(3)35-19-36-30)44-28(20)18-43-46(41,45-27-16-10-14-25-13-8-9-15-26(25)27)38-23(4)32(40)42-17-24-11-6-5-7-12-24;1-20(26(28)30-19-21-11-4-2-5-12-21)27-33(29,31-23-15-6-3-7-16-23)32-25-18-10-14-22-13-8-9-17-24(22)25;1-6-7(2)12(20-9(6)4-19)18-11-10(17-13(18)14)8(3)15-5-16-11;1-2/h5-16,19-21,23,28,31H,17-18H2,1-4H3,(H,38,41);2-18,20H,19H2,1H3,(H,27,29);5-7,9,12,19H,4H2,1-3H3;1-2H3/t20?,21-,23-,28+,31+,46?;20-,33?;6?,7-,9+,12+;/m000./s1. The molecular weight excluding hydrogens is 1370 g/mol. The normalized spacial score (nSPS) is 20.4. The maximum Gasteiger partial charge on any atom is 0.513 e. The second-order valence-electron chi connectivity index (χ2n) is 24.2. The second-order valence-corrected chi connectivity index (χ2v) is 28.2. The molecule has 0 amide bonds. The Kier molecular flexibility index (Phi) is 25.5. The van der Waals surface area contributed by atoms with Crippen molar-refractivity contribution in [3.63, 3.8) is 0 Å². The number of hydrogen-bond donors (Lipinski definition) is 3. The summed E-state index contributed by atoms with van der Waals surface area (Å²) in [5.74, 6) is 0.265. The van der Waals surface area contributed by atoms with Crippen LogP contribution in [0.15, 0.2) is 189 Å². The smallest absolute Gasteiger partial charge is 0.460 e. The lowest BCUT2D eigenvalue weighted by molar-refractivity contribution is -0.147. The maximum atomic E-state index is 14.5. The van der Waals surface area contributed by atoms with E-state index in [2.05, 4.69) is 53.9 Å². The highest BCUT2D eigenvalue weighted by Crippen LogP contribution is 2.51. The van der Waals surface area contributed by atoms with Crippen molar-refractivity contribution in [2.24, 2.45) is 23.7 Å². The summed E-state index contributed by atoms with van der Waals surface area (Å²) in [5, 5.41) is 18.8. The van der Waals surface area contributed by atoms with E-state index in [9.17, 15) is 23.8 Å². The molecule has 2 aliphatic rings. The zero-order chi connectivity index (χ0) is 72.0. The molecule has 23 nitrogen and oxygen atoms in total. The van der Waals surface area contributed by atoms with Gasteiger partial charge in [-0.2, -0.15) is 10.2 Å². The quantitative estimate of drug-likeness (QED) is 0.0323. The van der Waals surface area contributed by atoms with Gasteiger partial charge in [0.2, 0.25) is 10.6 Å². The number of benzene rings is 7. The van der Waals surface area contributed by atoms with Crippen LogP contribution in [0.1, 0.15) is 90.4 Å². The topological polar surface area (TPSA) is 274 Å². The number of ether oxygens (including phenoxy) is 4. The summed E-state index contributed by atoms with van der Waals surface area (Å²) in [6.07, 6.45) is 1.50. The van der Waals surface area contributed by atoms with Gasteiger partial charge < -0.3 is 37.6 Å². The lowest BCUT2D eigenvalue weighted by Gasteiger charge is -2.25. The van der Waals surface area contributed by atoms with E-state index in [1.807, 2.05) is 175 Å². The molecule has 2 fully saturated rings. The predicted molar refractivity (Wildman–Crippen MR) is 388 cm³/mol. The molecule has 6 heterocycles. The molecule has 2 aliphatic heterocycles. The van der Waals surface area contributed by atoms with Crippen molar-refractivity contribution in [2.45, 2.75) is 119 Å². The Bertz CT molecular complexity index is 4690. The number of rotatable bonds is 22. The van der Waals surface area contributed by atoms with Crippen molar-refractivity contribution in [1.29, 1.82) is 0 Å². The van der Waals surface area contributed by atoms with Crippen molar-refractivity contribution in [2.75, 3.05) is 13.2 Å². The Morgan fingerprint density at radius 1 is 0.525 bits per heavy atom. The Morgan fingerprint density at radius 3 is 1.38 bits per heavy atom. The number of carbonyl (C=O) groups excluding carboxylic acids is 2. The Morgan fingerprint density at radius 2 is 0.921 bits per heavy atom. The molecule has 0 saturated carbocycles. The van der Waals surface area contributed by atoms with Gasteiger partial charge in [-0.05, 0) is 109 Å². The lowest BCUT2D eigenvalue weighted by atomic mass is 9.93. The number of aliphatic hydroxyl groups excluding tert-OH is 1. The van der Waals surface area contributed by atoms with Gasteiger partial charge in [0, 0.05) is 22.6 Å². The first-order valence-corrected chi connectivity index (χ1v) is 37.1. The van der Waals surface area contributed by atoms with Crippen LogP contribution in [0.5, 0.6) is 17.2 Å². The summed E-state index contributed by atoms with van der Waals surface area (Å²) in [6.45, 7) is 19.1. The van der Waals surface area contributed by atoms with Crippen molar-refractivity contribution in [3.05, 3.63) is 222 Å².